The summed E-state index contributed by atoms with van der Waals surface area (Å²) < 4.78 is 51.8. The van der Waals surface area contributed by atoms with E-state index in [4.69, 9.17) is 14.6 Å². The van der Waals surface area contributed by atoms with Crippen LogP contribution in [0.15, 0.2) is 72.8 Å². The minimum Gasteiger partial charge on any atom is -0.489 e. The molecule has 1 amide bonds. The number of hydrogen-bond donors (Lipinski definition) is 2. The number of piperidine rings is 3. The van der Waals surface area contributed by atoms with E-state index in [1.54, 1.807) is 18.2 Å². The van der Waals surface area contributed by atoms with Gasteiger partial charge in [-0.1, -0.05) is 48.5 Å². The first kappa shape index (κ1) is 27.5. The van der Waals surface area contributed by atoms with Gasteiger partial charge in [0.2, 0.25) is 0 Å². The molecule has 3 heterocycles. The maximum atomic E-state index is 13.4. The Bertz CT molecular complexity index is 1360. The van der Waals surface area contributed by atoms with Crippen molar-refractivity contribution >= 4 is 12.1 Å². The first-order valence-electron chi connectivity index (χ1n) is 13.1. The van der Waals surface area contributed by atoms with Crippen LogP contribution in [0.5, 0.6) is 5.75 Å². The van der Waals surface area contributed by atoms with Crippen molar-refractivity contribution in [3.05, 3.63) is 101 Å². The molecule has 3 aromatic rings. The number of carboxylic acid groups (broad SMARTS) is 1. The van der Waals surface area contributed by atoms with Gasteiger partial charge in [-0.3, -0.25) is 4.90 Å². The second-order valence-corrected chi connectivity index (χ2v) is 10.1. The van der Waals surface area contributed by atoms with Crippen LogP contribution in [0, 0.1) is 5.92 Å². The normalized spacial score (nSPS) is 20.9. The number of rotatable bonds is 8. The van der Waals surface area contributed by atoms with Gasteiger partial charge in [-0.25, -0.2) is 9.59 Å². The van der Waals surface area contributed by atoms with Crippen molar-refractivity contribution < 1.29 is 37.3 Å². The van der Waals surface area contributed by atoms with Gasteiger partial charge in [-0.2, -0.15) is 13.2 Å². The summed E-state index contributed by atoms with van der Waals surface area (Å²) in [5.41, 5.74) is -0.359. The minimum absolute atomic E-state index is 0.150. The number of aromatic carboxylic acids is 1. The third kappa shape index (κ3) is 6.39. The summed E-state index contributed by atoms with van der Waals surface area (Å²) in [4.78, 5) is 26.5. The smallest absolute Gasteiger partial charge is 0.417 e. The number of carboxylic acids is 1. The second-order valence-electron chi connectivity index (χ2n) is 10.1. The van der Waals surface area contributed by atoms with E-state index >= 15 is 0 Å². The van der Waals surface area contributed by atoms with Crippen molar-refractivity contribution in [2.45, 2.75) is 37.8 Å². The zero-order valence-corrected chi connectivity index (χ0v) is 21.6. The molecule has 10 heteroatoms. The van der Waals surface area contributed by atoms with E-state index in [9.17, 15) is 22.8 Å². The molecule has 6 rings (SSSR count). The summed E-state index contributed by atoms with van der Waals surface area (Å²) in [6.45, 7) is 2.60. The summed E-state index contributed by atoms with van der Waals surface area (Å²) in [7, 11) is 0. The molecule has 3 aliphatic heterocycles. The Morgan fingerprint density at radius 1 is 0.975 bits per heavy atom. The fourth-order valence-corrected chi connectivity index (χ4v) is 5.39. The van der Waals surface area contributed by atoms with Crippen molar-refractivity contribution in [2.24, 2.45) is 5.92 Å². The lowest BCUT2D eigenvalue weighted by molar-refractivity contribution is -0.138. The Balaban J connectivity index is 1.32. The Kier molecular flexibility index (Phi) is 7.97. The zero-order valence-electron chi connectivity index (χ0n) is 21.6. The van der Waals surface area contributed by atoms with E-state index in [1.807, 2.05) is 36.4 Å². The molecule has 3 saturated heterocycles. The molecule has 3 aromatic carbocycles. The molecule has 3 aliphatic rings. The van der Waals surface area contributed by atoms with Crippen LogP contribution in [-0.4, -0.2) is 47.8 Å². The quantitative estimate of drug-likeness (QED) is 0.361. The molecule has 0 aliphatic carbocycles. The third-order valence-corrected chi connectivity index (χ3v) is 7.47. The van der Waals surface area contributed by atoms with Crippen molar-refractivity contribution in [1.29, 1.82) is 0 Å². The highest BCUT2D eigenvalue weighted by atomic mass is 19.4. The predicted octanol–water partition coefficient (Wildman–Crippen LogP) is 5.89. The highest BCUT2D eigenvalue weighted by Gasteiger charge is 2.37. The standard InChI is InChI=1S/C30H29F3N2O5/c31-30(32,33)25-15-19(9-10-24(25)28(36)37)18-39-23-8-4-7-22(16-23)27(21-5-2-1-3-6-21)34-29(38)40-26-17-35-13-11-20(26)12-14-35/h1-10,15-16,20,26-27H,11-14,17-18H2,(H,34,38)(H,36,37)/t26-,27-/m0/s1. The van der Waals surface area contributed by atoms with E-state index < -0.39 is 35.4 Å². The molecule has 0 radical (unpaired) electrons. The van der Waals surface area contributed by atoms with Crippen molar-refractivity contribution in [3.63, 3.8) is 0 Å². The van der Waals surface area contributed by atoms with Crippen LogP contribution in [0.25, 0.3) is 0 Å². The molecule has 0 aromatic heterocycles. The topological polar surface area (TPSA) is 88.1 Å². The summed E-state index contributed by atoms with van der Waals surface area (Å²) in [6, 6.07) is 18.7. The zero-order chi connectivity index (χ0) is 28.3. The fourth-order valence-electron chi connectivity index (χ4n) is 5.39. The average Bonchev–Trinajstić information content (AvgIpc) is 2.95. The lowest BCUT2D eigenvalue weighted by atomic mass is 9.86. The average molecular weight is 555 g/mol. The van der Waals surface area contributed by atoms with Crippen LogP contribution in [0.2, 0.25) is 0 Å². The molecule has 0 spiro atoms. The SMILES string of the molecule is O=C(N[C@@H](c1ccccc1)c1cccc(OCc2ccc(C(=O)O)c(C(F)(F)F)c2)c1)O[C@H]1CN2CCC1CC2. The number of benzene rings is 3. The molecule has 7 nitrogen and oxygen atoms in total. The minimum atomic E-state index is -4.82. The van der Waals surface area contributed by atoms with Gasteiger partial charge in [-0.05, 0) is 72.8 Å². The Morgan fingerprint density at radius 3 is 2.35 bits per heavy atom. The van der Waals surface area contributed by atoms with E-state index in [1.165, 1.54) is 6.07 Å². The molecular weight excluding hydrogens is 525 g/mol. The van der Waals surface area contributed by atoms with Crippen LogP contribution in [0.3, 0.4) is 0 Å². The Morgan fingerprint density at radius 2 is 1.70 bits per heavy atom. The number of alkyl halides is 3. The monoisotopic (exact) mass is 554 g/mol. The molecule has 210 valence electrons. The highest BCUT2D eigenvalue weighted by molar-refractivity contribution is 5.89. The number of halogens is 3. The number of hydrogen-bond acceptors (Lipinski definition) is 5. The van der Waals surface area contributed by atoms with Crippen LogP contribution in [-0.2, 0) is 17.5 Å². The number of carbonyl (C=O) groups is 2. The third-order valence-electron chi connectivity index (χ3n) is 7.47. The number of carbonyl (C=O) groups excluding carboxylic acids is 1. The summed E-state index contributed by atoms with van der Waals surface area (Å²) >= 11 is 0. The van der Waals surface area contributed by atoms with Gasteiger partial charge < -0.3 is 19.9 Å². The lowest BCUT2D eigenvalue weighted by Crippen LogP contribution is -2.52. The van der Waals surface area contributed by atoms with Gasteiger partial charge in [0.1, 0.15) is 18.5 Å². The van der Waals surface area contributed by atoms with Gasteiger partial charge in [0.15, 0.2) is 0 Å². The second kappa shape index (κ2) is 11.6. The van der Waals surface area contributed by atoms with E-state index in [0.717, 1.165) is 50.2 Å². The number of alkyl carbamates (subject to hydrolysis) is 1. The Hall–Kier alpha value is -4.05. The van der Waals surface area contributed by atoms with Crippen LogP contribution < -0.4 is 10.1 Å². The van der Waals surface area contributed by atoms with Gasteiger partial charge >= 0.3 is 18.2 Å². The molecule has 0 unspecified atom stereocenters. The molecule has 40 heavy (non-hydrogen) atoms. The van der Waals surface area contributed by atoms with Gasteiger partial charge in [-0.15, -0.1) is 0 Å². The first-order valence-corrected chi connectivity index (χ1v) is 13.1. The summed E-state index contributed by atoms with van der Waals surface area (Å²) in [5, 5.41) is 12.1. The molecule has 3 fully saturated rings. The number of nitrogens with one attached hydrogen (secondary N) is 1. The number of nitrogens with zero attached hydrogens (tertiary/aromatic N) is 1. The van der Waals surface area contributed by atoms with Crippen LogP contribution in [0.4, 0.5) is 18.0 Å². The predicted molar refractivity (Wildman–Crippen MR) is 140 cm³/mol. The maximum Gasteiger partial charge on any atom is 0.417 e. The molecular formula is C30H29F3N2O5. The molecule has 0 saturated carbocycles. The van der Waals surface area contributed by atoms with Crippen molar-refractivity contribution in [1.82, 2.24) is 10.2 Å². The maximum absolute atomic E-state index is 13.4. The summed E-state index contributed by atoms with van der Waals surface area (Å²) in [5.74, 6) is -0.911. The van der Waals surface area contributed by atoms with E-state index in [2.05, 4.69) is 10.2 Å². The highest BCUT2D eigenvalue weighted by Crippen LogP contribution is 2.34. The van der Waals surface area contributed by atoms with Crippen LogP contribution in [0.1, 0.15) is 51.5 Å². The van der Waals surface area contributed by atoms with Gasteiger partial charge in [0.05, 0.1) is 17.2 Å². The Labute approximate surface area is 229 Å². The number of ether oxygens (including phenoxy) is 2. The van der Waals surface area contributed by atoms with Crippen LogP contribution >= 0.6 is 0 Å². The molecule has 2 N–H and O–H groups in total. The fraction of sp³-hybridized carbons (Fsp3) is 0.333. The largest absolute Gasteiger partial charge is 0.489 e. The number of amides is 1. The van der Waals surface area contributed by atoms with Gasteiger partial charge in [0, 0.05) is 6.54 Å². The van der Waals surface area contributed by atoms with Crippen molar-refractivity contribution in [2.75, 3.05) is 19.6 Å². The lowest BCUT2D eigenvalue weighted by Gasteiger charge is -2.43. The van der Waals surface area contributed by atoms with E-state index in [-0.39, 0.29) is 18.3 Å². The number of fused-ring (bicyclic) bond motifs is 3. The summed E-state index contributed by atoms with van der Waals surface area (Å²) in [6.07, 6.45) is -3.45. The molecule has 2 atom stereocenters. The molecule has 2 bridgehead atoms. The van der Waals surface area contributed by atoms with Crippen molar-refractivity contribution in [3.8, 4) is 5.75 Å². The van der Waals surface area contributed by atoms with E-state index in [0.29, 0.717) is 17.2 Å². The van der Waals surface area contributed by atoms with Gasteiger partial charge in [0.25, 0.3) is 0 Å². The first-order chi connectivity index (χ1) is 19.2.